The Hall–Kier alpha value is -2.85. The van der Waals surface area contributed by atoms with Gasteiger partial charge < -0.3 is 9.42 Å². The van der Waals surface area contributed by atoms with E-state index in [-0.39, 0.29) is 11.2 Å². The highest BCUT2D eigenvalue weighted by atomic mass is 32.2. The third-order valence-electron chi connectivity index (χ3n) is 5.27. The predicted molar refractivity (Wildman–Crippen MR) is 114 cm³/mol. The quantitative estimate of drug-likeness (QED) is 0.483. The first-order valence-electron chi connectivity index (χ1n) is 9.59. The van der Waals surface area contributed by atoms with Crippen LogP contribution in [0.25, 0.3) is 26.6 Å². The molecular weight excluding hydrogens is 422 g/mol. The van der Waals surface area contributed by atoms with Crippen molar-refractivity contribution in [1.82, 2.24) is 24.6 Å². The van der Waals surface area contributed by atoms with Gasteiger partial charge in [-0.1, -0.05) is 16.5 Å². The highest BCUT2D eigenvalue weighted by Gasteiger charge is 2.27. The van der Waals surface area contributed by atoms with Crippen molar-refractivity contribution in [3.63, 3.8) is 0 Å². The number of piperidine rings is 1. The molecule has 5 heterocycles. The summed E-state index contributed by atoms with van der Waals surface area (Å²) in [6.07, 6.45) is 10.3. The number of rotatable bonds is 4. The van der Waals surface area contributed by atoms with Gasteiger partial charge in [-0.25, -0.2) is 9.97 Å². The summed E-state index contributed by atoms with van der Waals surface area (Å²) in [6.45, 7) is 2.85. The lowest BCUT2D eigenvalue weighted by Crippen LogP contribution is -2.42. The Balaban J connectivity index is 1.41. The number of hydrogen-bond donors (Lipinski definition) is 0. The second-order valence-electron chi connectivity index (χ2n) is 7.21. The zero-order chi connectivity index (χ0) is 20.7. The van der Waals surface area contributed by atoms with Gasteiger partial charge in [0.15, 0.2) is 0 Å². The average molecular weight is 442 g/mol. The molecule has 8 nitrogen and oxygen atoms in total. The van der Waals surface area contributed by atoms with E-state index in [1.807, 2.05) is 22.9 Å². The van der Waals surface area contributed by atoms with Gasteiger partial charge in [-0.15, -0.1) is 0 Å². The van der Waals surface area contributed by atoms with Crippen molar-refractivity contribution in [1.29, 1.82) is 0 Å². The summed E-state index contributed by atoms with van der Waals surface area (Å²) >= 11 is 1.51. The van der Waals surface area contributed by atoms with Crippen LogP contribution in [-0.4, -0.2) is 53.0 Å². The first kappa shape index (κ1) is 19.1. The van der Waals surface area contributed by atoms with Gasteiger partial charge >= 0.3 is 0 Å². The summed E-state index contributed by atoms with van der Waals surface area (Å²) in [5, 5.41) is 6.32. The molecule has 1 amide bonds. The zero-order valence-electron chi connectivity index (χ0n) is 16.2. The van der Waals surface area contributed by atoms with E-state index in [0.29, 0.717) is 11.4 Å². The van der Waals surface area contributed by atoms with Crippen LogP contribution in [0, 0.1) is 0 Å². The number of nitrogens with zero attached hydrogens (tertiary/aromatic N) is 5. The van der Waals surface area contributed by atoms with E-state index < -0.39 is 10.8 Å². The van der Waals surface area contributed by atoms with Crippen LogP contribution in [0.5, 0.6) is 0 Å². The van der Waals surface area contributed by atoms with Gasteiger partial charge in [-0.05, 0) is 25.0 Å². The Labute approximate surface area is 179 Å². The predicted octanol–water partition coefficient (Wildman–Crippen LogP) is 3.26. The summed E-state index contributed by atoms with van der Waals surface area (Å²) < 4.78 is 20.0. The van der Waals surface area contributed by atoms with Crippen LogP contribution in [0.3, 0.4) is 0 Å². The number of likely N-dealkylation sites (tertiary alicyclic amines) is 1. The molecule has 30 heavy (non-hydrogen) atoms. The summed E-state index contributed by atoms with van der Waals surface area (Å²) in [4.78, 5) is 23.2. The van der Waals surface area contributed by atoms with Gasteiger partial charge in [0.05, 0.1) is 38.9 Å². The zero-order valence-corrected chi connectivity index (χ0v) is 17.9. The van der Waals surface area contributed by atoms with Gasteiger partial charge in [0, 0.05) is 37.8 Å². The van der Waals surface area contributed by atoms with E-state index in [4.69, 9.17) is 4.52 Å². The number of carbonyl (C=O) groups is 1. The van der Waals surface area contributed by atoms with Gasteiger partial charge in [-0.2, -0.15) is 0 Å². The van der Waals surface area contributed by atoms with Crippen molar-refractivity contribution >= 4 is 39.1 Å². The van der Waals surface area contributed by atoms with E-state index in [9.17, 15) is 9.00 Å². The SMILES string of the molecule is CC(=O)N1CCCC(S(=O)c2cnc3c(ccn3-c3cnc(-c4cnoc4)s3)c2)C1. The van der Waals surface area contributed by atoms with Crippen molar-refractivity contribution in [3.05, 3.63) is 43.2 Å². The van der Waals surface area contributed by atoms with Gasteiger partial charge in [0.1, 0.15) is 21.9 Å². The van der Waals surface area contributed by atoms with Crippen molar-refractivity contribution < 1.29 is 13.5 Å². The van der Waals surface area contributed by atoms with Gasteiger partial charge in [0.25, 0.3) is 0 Å². The minimum atomic E-state index is -1.21. The Morgan fingerprint density at radius 1 is 1.30 bits per heavy atom. The molecule has 1 saturated heterocycles. The fraction of sp³-hybridized carbons (Fsp3) is 0.300. The molecule has 2 unspecified atom stereocenters. The van der Waals surface area contributed by atoms with Crippen LogP contribution in [0.4, 0.5) is 0 Å². The molecule has 5 rings (SSSR count). The topological polar surface area (TPSA) is 94.1 Å². The van der Waals surface area contributed by atoms with Crippen LogP contribution in [0.1, 0.15) is 19.8 Å². The molecule has 10 heteroatoms. The number of pyridine rings is 1. The summed E-state index contributed by atoms with van der Waals surface area (Å²) in [7, 11) is -1.21. The first-order valence-corrected chi connectivity index (χ1v) is 11.6. The van der Waals surface area contributed by atoms with Crippen molar-refractivity contribution in [2.24, 2.45) is 0 Å². The molecule has 0 radical (unpaired) electrons. The molecule has 0 saturated carbocycles. The molecule has 0 bridgehead atoms. The first-order chi connectivity index (χ1) is 14.6. The average Bonchev–Trinajstić information content (AvgIpc) is 3.52. The standard InChI is InChI=1S/C20H19N5O3S2/c1-13(26)24-5-2-3-16(11-24)30(27)17-7-14-4-6-25(19(14)21-9-17)18-10-22-20(29-18)15-8-23-28-12-15/h4,6-10,12,16H,2-3,5,11H2,1H3. The fourth-order valence-electron chi connectivity index (χ4n) is 3.70. The molecule has 1 aliphatic heterocycles. The van der Waals surface area contributed by atoms with Crippen molar-refractivity contribution in [3.8, 4) is 15.6 Å². The van der Waals surface area contributed by atoms with Crippen molar-refractivity contribution in [2.75, 3.05) is 13.1 Å². The van der Waals surface area contributed by atoms with E-state index in [1.54, 1.807) is 36.7 Å². The maximum Gasteiger partial charge on any atom is 0.219 e. The van der Waals surface area contributed by atoms with E-state index in [0.717, 1.165) is 46.0 Å². The lowest BCUT2D eigenvalue weighted by molar-refractivity contribution is -0.129. The minimum Gasteiger partial charge on any atom is -0.364 e. The number of fused-ring (bicyclic) bond motifs is 1. The van der Waals surface area contributed by atoms with Crippen molar-refractivity contribution in [2.45, 2.75) is 29.9 Å². The molecule has 1 fully saturated rings. The normalized spacial score (nSPS) is 18.0. The molecule has 154 valence electrons. The Bertz CT molecular complexity index is 1230. The van der Waals surface area contributed by atoms with Crippen LogP contribution in [0.2, 0.25) is 0 Å². The molecule has 0 aliphatic carbocycles. The lowest BCUT2D eigenvalue weighted by atomic mass is 10.1. The molecule has 0 spiro atoms. The lowest BCUT2D eigenvalue weighted by Gasteiger charge is -2.31. The van der Waals surface area contributed by atoms with E-state index in [2.05, 4.69) is 15.1 Å². The Morgan fingerprint density at radius 2 is 2.20 bits per heavy atom. The minimum absolute atomic E-state index is 0.0393. The van der Waals surface area contributed by atoms with Gasteiger partial charge in [-0.3, -0.25) is 13.6 Å². The second kappa shape index (κ2) is 7.77. The number of hydrogen-bond acceptors (Lipinski definition) is 7. The number of aromatic nitrogens is 4. The smallest absolute Gasteiger partial charge is 0.219 e. The molecule has 1 aliphatic rings. The largest absolute Gasteiger partial charge is 0.364 e. The van der Waals surface area contributed by atoms with Crippen LogP contribution >= 0.6 is 11.3 Å². The molecule has 2 atom stereocenters. The second-order valence-corrected chi connectivity index (χ2v) is 9.96. The summed E-state index contributed by atoms with van der Waals surface area (Å²) in [5.74, 6) is 0.0393. The maximum atomic E-state index is 13.1. The number of carbonyl (C=O) groups excluding carboxylic acids is 1. The van der Waals surface area contributed by atoms with Crippen LogP contribution in [-0.2, 0) is 15.6 Å². The molecule has 4 aromatic heterocycles. The van der Waals surface area contributed by atoms with Crippen LogP contribution < -0.4 is 0 Å². The summed E-state index contributed by atoms with van der Waals surface area (Å²) in [5.41, 5.74) is 1.62. The monoisotopic (exact) mass is 441 g/mol. The Morgan fingerprint density at radius 3 is 3.00 bits per heavy atom. The highest BCUT2D eigenvalue weighted by Crippen LogP contribution is 2.30. The fourth-order valence-corrected chi connectivity index (χ4v) is 6.06. The molecule has 4 aromatic rings. The third kappa shape index (κ3) is 3.46. The molecular formula is C20H19N5O3S2. The van der Waals surface area contributed by atoms with Gasteiger partial charge in [0.2, 0.25) is 5.91 Å². The third-order valence-corrected chi connectivity index (χ3v) is 7.99. The molecule has 0 aromatic carbocycles. The number of amides is 1. The highest BCUT2D eigenvalue weighted by molar-refractivity contribution is 7.85. The molecule has 0 N–H and O–H groups in total. The van der Waals surface area contributed by atoms with E-state index in [1.165, 1.54) is 11.3 Å². The summed E-state index contributed by atoms with van der Waals surface area (Å²) in [6, 6.07) is 3.90. The Kier molecular flexibility index (Phi) is 4.95. The maximum absolute atomic E-state index is 13.1. The van der Waals surface area contributed by atoms with E-state index >= 15 is 0 Å². The van der Waals surface area contributed by atoms with Crippen LogP contribution in [0.15, 0.2) is 52.6 Å². The number of thiazole rings is 1.